The number of H-pyrrole nitrogens is 1. The van der Waals surface area contributed by atoms with Gasteiger partial charge in [-0.3, -0.25) is 0 Å². The molecule has 2 heterocycles. The van der Waals surface area contributed by atoms with Crippen molar-refractivity contribution in [3.8, 4) is 0 Å². The molecule has 1 fully saturated rings. The number of hydrogen-bond acceptors (Lipinski definition) is 5. The van der Waals surface area contributed by atoms with E-state index in [4.69, 9.17) is 18.5 Å². The number of benzene rings is 1. The van der Waals surface area contributed by atoms with Crippen molar-refractivity contribution < 1.29 is 23.3 Å². The van der Waals surface area contributed by atoms with E-state index in [1.807, 2.05) is 52.8 Å². The van der Waals surface area contributed by atoms with Crippen molar-refractivity contribution >= 4 is 37.8 Å². The largest absolute Gasteiger partial charge is 0.497 e. The molecule has 1 saturated heterocycles. The standard InChI is InChI=1S/C26H42BNO5Si/c1-11-30-23(29)22-19(15-13-17-31-34(9,10)24(2,3)4)18-14-12-16-20(21(18)28-22)27-32-25(5,6)26(7,8)33-27/h12,14,16,28H,11,13,15,17H2,1-10H3. The summed E-state index contributed by atoms with van der Waals surface area (Å²) >= 11 is 0. The summed E-state index contributed by atoms with van der Waals surface area (Å²) in [5, 5.41) is 1.17. The molecular weight excluding hydrogens is 445 g/mol. The number of carbonyl (C=O) groups is 1. The van der Waals surface area contributed by atoms with Gasteiger partial charge in [-0.15, -0.1) is 0 Å². The van der Waals surface area contributed by atoms with E-state index in [0.717, 1.165) is 34.8 Å². The van der Waals surface area contributed by atoms with Gasteiger partial charge in [0.2, 0.25) is 0 Å². The fourth-order valence-corrected chi connectivity index (χ4v) is 4.98. The highest BCUT2D eigenvalue weighted by molar-refractivity contribution is 6.74. The number of aromatic amines is 1. The Kier molecular flexibility index (Phi) is 7.50. The lowest BCUT2D eigenvalue weighted by molar-refractivity contribution is 0.00578. The van der Waals surface area contributed by atoms with Crippen LogP contribution in [0.4, 0.5) is 0 Å². The molecule has 1 aliphatic rings. The second kappa shape index (κ2) is 9.45. The first kappa shape index (κ1) is 27.0. The summed E-state index contributed by atoms with van der Waals surface area (Å²) in [5.74, 6) is -0.334. The van der Waals surface area contributed by atoms with Gasteiger partial charge in [-0.2, -0.15) is 0 Å². The quantitative estimate of drug-likeness (QED) is 0.298. The Bertz CT molecular complexity index is 1020. The van der Waals surface area contributed by atoms with Gasteiger partial charge < -0.3 is 23.5 Å². The van der Waals surface area contributed by atoms with Crippen molar-refractivity contribution in [2.75, 3.05) is 13.2 Å². The topological polar surface area (TPSA) is 69.8 Å². The Balaban J connectivity index is 1.92. The molecular formula is C26H42BNO5Si. The highest BCUT2D eigenvalue weighted by Crippen LogP contribution is 2.38. The summed E-state index contributed by atoms with van der Waals surface area (Å²) in [6.45, 7) is 22.2. The van der Waals surface area contributed by atoms with Crippen molar-refractivity contribution in [3.63, 3.8) is 0 Å². The van der Waals surface area contributed by atoms with Gasteiger partial charge in [0, 0.05) is 23.0 Å². The van der Waals surface area contributed by atoms with Crippen LogP contribution in [0.1, 0.15) is 77.9 Å². The third-order valence-corrected chi connectivity index (χ3v) is 12.3. The first-order chi connectivity index (χ1) is 15.6. The molecule has 0 radical (unpaired) electrons. The van der Waals surface area contributed by atoms with Crippen LogP contribution in [0.3, 0.4) is 0 Å². The number of aromatic nitrogens is 1. The van der Waals surface area contributed by atoms with Gasteiger partial charge in [-0.1, -0.05) is 39.0 Å². The number of fused-ring (bicyclic) bond motifs is 1. The van der Waals surface area contributed by atoms with Gasteiger partial charge in [-0.05, 0) is 71.2 Å². The average molecular weight is 488 g/mol. The maximum Gasteiger partial charge on any atom is 0.497 e. The fourth-order valence-electron chi connectivity index (χ4n) is 3.89. The summed E-state index contributed by atoms with van der Waals surface area (Å²) in [7, 11) is -2.33. The molecule has 1 N–H and O–H groups in total. The van der Waals surface area contributed by atoms with E-state index in [0.29, 0.717) is 18.9 Å². The predicted octanol–water partition coefficient (Wildman–Crippen LogP) is 5.60. The molecule has 0 atom stereocenters. The summed E-state index contributed by atoms with van der Waals surface area (Å²) in [5.41, 5.74) is 2.34. The predicted molar refractivity (Wildman–Crippen MR) is 141 cm³/mol. The molecule has 1 aromatic carbocycles. The number of aryl methyl sites for hydroxylation is 1. The smallest absolute Gasteiger partial charge is 0.461 e. The highest BCUT2D eigenvalue weighted by Gasteiger charge is 2.52. The van der Waals surface area contributed by atoms with E-state index >= 15 is 0 Å². The number of carbonyl (C=O) groups excluding carboxylic acids is 1. The lowest BCUT2D eigenvalue weighted by Crippen LogP contribution is -2.41. The zero-order valence-corrected chi connectivity index (χ0v) is 23.7. The third kappa shape index (κ3) is 5.15. The summed E-state index contributed by atoms with van der Waals surface area (Å²) in [4.78, 5) is 16.2. The molecule has 1 aliphatic heterocycles. The first-order valence-corrected chi connectivity index (χ1v) is 15.3. The van der Waals surface area contributed by atoms with Crippen molar-refractivity contribution in [3.05, 3.63) is 29.5 Å². The normalized spacial score (nSPS) is 18.0. The van der Waals surface area contributed by atoms with E-state index in [1.165, 1.54) is 0 Å². The molecule has 0 spiro atoms. The van der Waals surface area contributed by atoms with E-state index in [9.17, 15) is 4.79 Å². The molecule has 34 heavy (non-hydrogen) atoms. The Labute approximate surface area is 206 Å². The van der Waals surface area contributed by atoms with Crippen molar-refractivity contribution in [2.45, 2.75) is 97.6 Å². The second-order valence-corrected chi connectivity index (χ2v) is 16.6. The second-order valence-electron chi connectivity index (χ2n) is 11.8. The van der Waals surface area contributed by atoms with Crippen molar-refractivity contribution in [1.82, 2.24) is 4.98 Å². The number of hydrogen-bond donors (Lipinski definition) is 1. The minimum atomic E-state index is -1.82. The van der Waals surface area contributed by atoms with Crippen LogP contribution in [-0.4, -0.2) is 50.8 Å². The zero-order valence-electron chi connectivity index (χ0n) is 22.7. The SMILES string of the molecule is CCOC(=O)c1[nH]c2c(B3OC(C)(C)C(C)(C)O3)cccc2c1CCCO[Si](C)(C)C(C)(C)C. The van der Waals surface area contributed by atoms with Crippen LogP contribution in [0.15, 0.2) is 18.2 Å². The van der Waals surface area contributed by atoms with E-state index in [1.54, 1.807) is 0 Å². The number of nitrogens with one attached hydrogen (secondary N) is 1. The van der Waals surface area contributed by atoms with Gasteiger partial charge in [-0.25, -0.2) is 4.79 Å². The molecule has 1 aromatic heterocycles. The van der Waals surface area contributed by atoms with Crippen molar-refractivity contribution in [2.24, 2.45) is 0 Å². The molecule has 188 valence electrons. The van der Waals surface area contributed by atoms with Gasteiger partial charge in [0.1, 0.15) is 5.69 Å². The Hall–Kier alpha value is -1.61. The number of ether oxygens (including phenoxy) is 1. The molecule has 0 bridgehead atoms. The van der Waals surface area contributed by atoms with Crippen LogP contribution in [0.25, 0.3) is 10.9 Å². The highest BCUT2D eigenvalue weighted by atomic mass is 28.4. The summed E-state index contributed by atoms with van der Waals surface area (Å²) in [6, 6.07) is 6.05. The molecule has 2 aromatic rings. The van der Waals surface area contributed by atoms with Crippen molar-refractivity contribution in [1.29, 1.82) is 0 Å². The van der Waals surface area contributed by atoms with Crippen LogP contribution in [0.2, 0.25) is 18.1 Å². The molecule has 0 amide bonds. The molecule has 3 rings (SSSR count). The monoisotopic (exact) mass is 487 g/mol. The maximum absolute atomic E-state index is 12.9. The first-order valence-electron chi connectivity index (χ1n) is 12.4. The van der Waals surface area contributed by atoms with Gasteiger partial charge >= 0.3 is 13.1 Å². The van der Waals surface area contributed by atoms with Gasteiger partial charge in [0.25, 0.3) is 0 Å². The summed E-state index contributed by atoms with van der Waals surface area (Å²) < 4.78 is 24.4. The van der Waals surface area contributed by atoms with Crippen LogP contribution in [-0.2, 0) is 24.9 Å². The Morgan fingerprint density at radius 2 is 1.74 bits per heavy atom. The minimum absolute atomic E-state index is 0.168. The number of para-hydroxylation sites is 1. The lowest BCUT2D eigenvalue weighted by atomic mass is 9.77. The number of rotatable bonds is 8. The maximum atomic E-state index is 12.9. The van der Waals surface area contributed by atoms with E-state index < -0.39 is 26.6 Å². The minimum Gasteiger partial charge on any atom is -0.461 e. The average Bonchev–Trinajstić information content (AvgIpc) is 3.18. The molecule has 0 unspecified atom stereocenters. The fraction of sp³-hybridized carbons (Fsp3) is 0.654. The molecule has 0 saturated carbocycles. The van der Waals surface area contributed by atoms with E-state index in [2.05, 4.69) is 38.8 Å². The summed E-state index contributed by atoms with van der Waals surface area (Å²) in [6.07, 6.45) is 1.54. The van der Waals surface area contributed by atoms with Crippen LogP contribution in [0.5, 0.6) is 0 Å². The Morgan fingerprint density at radius 3 is 2.29 bits per heavy atom. The van der Waals surface area contributed by atoms with Crippen LogP contribution in [0, 0.1) is 0 Å². The van der Waals surface area contributed by atoms with Crippen LogP contribution < -0.4 is 5.46 Å². The van der Waals surface area contributed by atoms with Gasteiger partial charge in [0.15, 0.2) is 8.32 Å². The third-order valence-electron chi connectivity index (χ3n) is 7.80. The van der Waals surface area contributed by atoms with E-state index in [-0.39, 0.29) is 11.0 Å². The van der Waals surface area contributed by atoms with Crippen LogP contribution >= 0.6 is 0 Å². The molecule has 0 aliphatic carbocycles. The number of esters is 1. The molecule has 6 nitrogen and oxygen atoms in total. The molecule has 8 heteroatoms. The zero-order chi connectivity index (χ0) is 25.5. The van der Waals surface area contributed by atoms with Gasteiger partial charge in [0.05, 0.1) is 17.8 Å². The Morgan fingerprint density at radius 1 is 1.12 bits per heavy atom. The lowest BCUT2D eigenvalue weighted by Gasteiger charge is -2.36.